The molecule has 2 aromatic rings. The van der Waals surface area contributed by atoms with Crippen molar-refractivity contribution in [2.24, 2.45) is 0 Å². The van der Waals surface area contributed by atoms with Gasteiger partial charge in [-0.1, -0.05) is 42.2 Å². The Kier molecular flexibility index (Phi) is 7.24. The van der Waals surface area contributed by atoms with Gasteiger partial charge in [-0.15, -0.1) is 10.2 Å². The number of hydrogen-bond acceptors (Lipinski definition) is 7. The Morgan fingerprint density at radius 2 is 2.04 bits per heavy atom. The number of benzene rings is 1. The highest BCUT2D eigenvalue weighted by Crippen LogP contribution is 2.28. The van der Waals surface area contributed by atoms with Crippen LogP contribution in [0.2, 0.25) is 0 Å². The van der Waals surface area contributed by atoms with E-state index in [-0.39, 0.29) is 0 Å². The van der Waals surface area contributed by atoms with E-state index in [0.717, 1.165) is 38.2 Å². The van der Waals surface area contributed by atoms with Crippen LogP contribution in [0.3, 0.4) is 0 Å². The van der Waals surface area contributed by atoms with Gasteiger partial charge < -0.3 is 0 Å². The van der Waals surface area contributed by atoms with Gasteiger partial charge in [0.15, 0.2) is 4.34 Å². The molecule has 1 amide bonds. The number of sulfonamides is 1. The van der Waals surface area contributed by atoms with Crippen molar-refractivity contribution in [1.29, 1.82) is 0 Å². The number of nitrogens with one attached hydrogen (secondary N) is 1. The van der Waals surface area contributed by atoms with E-state index in [1.54, 1.807) is 24.8 Å². The van der Waals surface area contributed by atoms with Crippen molar-refractivity contribution < 1.29 is 13.2 Å². The fourth-order valence-electron chi connectivity index (χ4n) is 2.46. The number of hydrogen-bond donors (Lipinski definition) is 1. The zero-order valence-corrected chi connectivity index (χ0v) is 18.5. The van der Waals surface area contributed by atoms with Gasteiger partial charge in [0.1, 0.15) is 6.04 Å². The number of carbonyl (C=O) groups is 1. The average Bonchev–Trinajstić information content (AvgIpc) is 3.02. The number of anilines is 2. The zero-order chi connectivity index (χ0) is 20.2. The molecule has 0 saturated heterocycles. The summed E-state index contributed by atoms with van der Waals surface area (Å²) in [6.07, 6.45) is 2.12. The van der Waals surface area contributed by atoms with Crippen LogP contribution >= 0.6 is 23.1 Å². The van der Waals surface area contributed by atoms with Crippen molar-refractivity contribution in [3.05, 3.63) is 29.3 Å². The Hall–Kier alpha value is -1.65. The van der Waals surface area contributed by atoms with E-state index in [9.17, 15) is 13.2 Å². The molecule has 0 aliphatic heterocycles. The van der Waals surface area contributed by atoms with Crippen LogP contribution in [0.15, 0.2) is 22.5 Å². The van der Waals surface area contributed by atoms with E-state index in [2.05, 4.69) is 22.4 Å². The molecule has 1 aromatic heterocycles. The summed E-state index contributed by atoms with van der Waals surface area (Å²) in [7, 11) is -3.66. The van der Waals surface area contributed by atoms with Crippen molar-refractivity contribution in [2.75, 3.05) is 21.6 Å². The standard InChI is InChI=1S/C17H24N4O3S3/c1-6-9-25-17-20-19-16(26-17)18-15(22)13(4)21(27(5,23)24)14-10-11(2)7-8-12(14)3/h7-8,10,13H,6,9H2,1-5H3,(H,18,19,22)/t13-/m0/s1. The Balaban J connectivity index is 2.25. The minimum atomic E-state index is -3.66. The minimum Gasteiger partial charge on any atom is -0.299 e. The van der Waals surface area contributed by atoms with E-state index in [1.165, 1.54) is 11.3 Å². The second-order valence-corrected chi connectivity index (χ2v) is 10.4. The third-order valence-electron chi connectivity index (χ3n) is 3.76. The first-order chi connectivity index (χ1) is 12.6. The summed E-state index contributed by atoms with van der Waals surface area (Å²) in [5, 5.41) is 11.0. The van der Waals surface area contributed by atoms with E-state index in [0.29, 0.717) is 10.8 Å². The van der Waals surface area contributed by atoms with E-state index >= 15 is 0 Å². The van der Waals surface area contributed by atoms with Gasteiger partial charge in [-0.3, -0.25) is 14.4 Å². The topological polar surface area (TPSA) is 92.3 Å². The second kappa shape index (κ2) is 9.03. The molecular weight excluding hydrogens is 404 g/mol. The largest absolute Gasteiger partial charge is 0.299 e. The van der Waals surface area contributed by atoms with Gasteiger partial charge in [0.2, 0.25) is 21.1 Å². The fourth-order valence-corrected chi connectivity index (χ4v) is 5.36. The number of rotatable bonds is 8. The van der Waals surface area contributed by atoms with Crippen LogP contribution in [0.4, 0.5) is 10.8 Å². The van der Waals surface area contributed by atoms with Crippen LogP contribution in [0, 0.1) is 13.8 Å². The van der Waals surface area contributed by atoms with Crippen LogP contribution < -0.4 is 9.62 Å². The van der Waals surface area contributed by atoms with Crippen LogP contribution in [-0.2, 0) is 14.8 Å². The molecule has 27 heavy (non-hydrogen) atoms. The maximum absolute atomic E-state index is 12.7. The first kappa shape index (κ1) is 21.6. The Morgan fingerprint density at radius 1 is 1.33 bits per heavy atom. The highest BCUT2D eigenvalue weighted by atomic mass is 32.2. The first-order valence-corrected chi connectivity index (χ1v) is 12.1. The number of nitrogens with zero attached hydrogens (tertiary/aromatic N) is 3. The van der Waals surface area contributed by atoms with E-state index in [1.807, 2.05) is 26.0 Å². The van der Waals surface area contributed by atoms with Crippen molar-refractivity contribution in [3.8, 4) is 0 Å². The molecule has 0 unspecified atom stereocenters. The molecule has 2 rings (SSSR count). The molecule has 1 N–H and O–H groups in total. The highest BCUT2D eigenvalue weighted by Gasteiger charge is 2.30. The molecule has 1 aromatic carbocycles. The quantitative estimate of drug-likeness (QED) is 0.511. The number of amides is 1. The summed E-state index contributed by atoms with van der Waals surface area (Å²) in [4.78, 5) is 12.7. The number of thioether (sulfide) groups is 1. The van der Waals surface area contributed by atoms with Crippen LogP contribution in [0.25, 0.3) is 0 Å². The SMILES string of the molecule is CCCSc1nnc(NC(=O)[C@H](C)N(c2cc(C)ccc2C)S(C)(=O)=O)s1. The van der Waals surface area contributed by atoms with Gasteiger partial charge >= 0.3 is 0 Å². The van der Waals surface area contributed by atoms with Gasteiger partial charge in [-0.2, -0.15) is 0 Å². The molecule has 0 fully saturated rings. The van der Waals surface area contributed by atoms with E-state index < -0.39 is 22.0 Å². The van der Waals surface area contributed by atoms with Crippen molar-refractivity contribution in [1.82, 2.24) is 10.2 Å². The Labute approximate surface area is 168 Å². The molecule has 0 saturated carbocycles. The summed E-state index contributed by atoms with van der Waals surface area (Å²) in [6, 6.07) is 4.58. The lowest BCUT2D eigenvalue weighted by Crippen LogP contribution is -2.45. The third-order valence-corrected chi connectivity index (χ3v) is 7.16. The van der Waals surface area contributed by atoms with Gasteiger partial charge in [-0.05, 0) is 44.4 Å². The third kappa shape index (κ3) is 5.66. The second-order valence-electron chi connectivity index (χ2n) is 6.24. The van der Waals surface area contributed by atoms with Crippen molar-refractivity contribution >= 4 is 49.8 Å². The van der Waals surface area contributed by atoms with Gasteiger partial charge in [-0.25, -0.2) is 8.42 Å². The molecule has 1 atom stereocenters. The van der Waals surface area contributed by atoms with Gasteiger partial charge in [0.05, 0.1) is 11.9 Å². The average molecular weight is 429 g/mol. The summed E-state index contributed by atoms with van der Waals surface area (Å²) >= 11 is 2.86. The monoisotopic (exact) mass is 428 g/mol. The van der Waals surface area contributed by atoms with E-state index in [4.69, 9.17) is 0 Å². The first-order valence-electron chi connectivity index (χ1n) is 8.47. The van der Waals surface area contributed by atoms with Crippen molar-refractivity contribution in [3.63, 3.8) is 0 Å². The normalized spacial score (nSPS) is 12.6. The predicted molar refractivity (Wildman–Crippen MR) is 112 cm³/mol. The number of aromatic nitrogens is 2. The summed E-state index contributed by atoms with van der Waals surface area (Å²) in [6.45, 7) is 7.34. The molecule has 148 valence electrons. The summed E-state index contributed by atoms with van der Waals surface area (Å²) in [5.74, 6) is 0.470. The van der Waals surface area contributed by atoms with Crippen molar-refractivity contribution in [2.45, 2.75) is 44.5 Å². The lowest BCUT2D eigenvalue weighted by Gasteiger charge is -2.29. The molecule has 10 heteroatoms. The lowest BCUT2D eigenvalue weighted by molar-refractivity contribution is -0.116. The Morgan fingerprint density at radius 3 is 2.67 bits per heavy atom. The molecular formula is C17H24N4O3S3. The minimum absolute atomic E-state index is 0.361. The van der Waals surface area contributed by atoms with Crippen LogP contribution in [0.5, 0.6) is 0 Å². The molecule has 0 spiro atoms. The zero-order valence-electron chi connectivity index (χ0n) is 16.0. The molecule has 0 radical (unpaired) electrons. The molecule has 1 heterocycles. The Bertz CT molecular complexity index is 912. The van der Waals surface area contributed by atoms with Crippen LogP contribution in [-0.4, -0.2) is 42.6 Å². The van der Waals surface area contributed by atoms with Gasteiger partial charge in [0.25, 0.3) is 0 Å². The lowest BCUT2D eigenvalue weighted by atomic mass is 10.1. The smallest absolute Gasteiger partial charge is 0.249 e. The molecule has 0 aliphatic carbocycles. The predicted octanol–water partition coefficient (Wildman–Crippen LogP) is 3.45. The number of carbonyl (C=O) groups excluding carboxylic acids is 1. The van der Waals surface area contributed by atoms with Gasteiger partial charge in [0, 0.05) is 5.75 Å². The summed E-state index contributed by atoms with van der Waals surface area (Å²) in [5.41, 5.74) is 2.19. The highest BCUT2D eigenvalue weighted by molar-refractivity contribution is 8.01. The maximum Gasteiger partial charge on any atom is 0.249 e. The fraction of sp³-hybridized carbons (Fsp3) is 0.471. The maximum atomic E-state index is 12.7. The van der Waals surface area contributed by atoms with Crippen LogP contribution in [0.1, 0.15) is 31.4 Å². The number of aryl methyl sites for hydroxylation is 2. The molecule has 0 bridgehead atoms. The molecule has 7 nitrogen and oxygen atoms in total. The molecule has 0 aliphatic rings. The summed E-state index contributed by atoms with van der Waals surface area (Å²) < 4.78 is 26.8.